The maximum atomic E-state index is 13.0. The SMILES string of the molecule is O=C(Nc1ccccc1C(F)(F)F)c1ccc(CN2CCOCC2)cc1. The number of hydrogen-bond acceptors (Lipinski definition) is 3. The molecule has 26 heavy (non-hydrogen) atoms. The second kappa shape index (κ2) is 7.88. The third kappa shape index (κ3) is 4.62. The van der Waals surface area contributed by atoms with E-state index in [1.165, 1.54) is 18.2 Å². The zero-order valence-electron chi connectivity index (χ0n) is 14.1. The lowest BCUT2D eigenvalue weighted by Gasteiger charge is -2.26. The molecule has 0 atom stereocenters. The first-order valence-corrected chi connectivity index (χ1v) is 8.30. The maximum absolute atomic E-state index is 13.0. The topological polar surface area (TPSA) is 41.6 Å². The van der Waals surface area contributed by atoms with Crippen LogP contribution in [0.5, 0.6) is 0 Å². The van der Waals surface area contributed by atoms with Crippen molar-refractivity contribution in [1.82, 2.24) is 4.90 Å². The number of nitrogens with zero attached hydrogens (tertiary/aromatic N) is 1. The largest absolute Gasteiger partial charge is 0.418 e. The molecule has 1 aliphatic heterocycles. The third-order valence-electron chi connectivity index (χ3n) is 4.21. The minimum absolute atomic E-state index is 0.248. The molecule has 138 valence electrons. The van der Waals surface area contributed by atoms with Crippen molar-refractivity contribution in [3.63, 3.8) is 0 Å². The number of alkyl halides is 3. The Labute approximate surface area is 149 Å². The molecule has 7 heteroatoms. The average molecular weight is 364 g/mol. The minimum atomic E-state index is -4.52. The highest BCUT2D eigenvalue weighted by atomic mass is 19.4. The molecule has 0 radical (unpaired) electrons. The summed E-state index contributed by atoms with van der Waals surface area (Å²) in [6.07, 6.45) is -4.52. The summed E-state index contributed by atoms with van der Waals surface area (Å²) in [7, 11) is 0. The Kier molecular flexibility index (Phi) is 5.58. The molecule has 1 fully saturated rings. The van der Waals surface area contributed by atoms with Crippen molar-refractivity contribution in [1.29, 1.82) is 0 Å². The van der Waals surface area contributed by atoms with Crippen LogP contribution in [-0.2, 0) is 17.5 Å². The van der Waals surface area contributed by atoms with Crippen LogP contribution in [0.4, 0.5) is 18.9 Å². The van der Waals surface area contributed by atoms with Crippen LogP contribution in [0, 0.1) is 0 Å². The van der Waals surface area contributed by atoms with E-state index in [-0.39, 0.29) is 5.69 Å². The van der Waals surface area contributed by atoms with Gasteiger partial charge in [0, 0.05) is 25.2 Å². The summed E-state index contributed by atoms with van der Waals surface area (Å²) in [4.78, 5) is 14.5. The molecule has 3 rings (SSSR count). The highest BCUT2D eigenvalue weighted by molar-refractivity contribution is 6.04. The van der Waals surface area contributed by atoms with Gasteiger partial charge in [0.15, 0.2) is 0 Å². The van der Waals surface area contributed by atoms with Crippen LogP contribution in [0.1, 0.15) is 21.5 Å². The maximum Gasteiger partial charge on any atom is 0.418 e. The van der Waals surface area contributed by atoms with Gasteiger partial charge in [0.1, 0.15) is 0 Å². The summed E-state index contributed by atoms with van der Waals surface area (Å²) in [5, 5.41) is 2.35. The fourth-order valence-corrected chi connectivity index (χ4v) is 2.81. The van der Waals surface area contributed by atoms with Crippen molar-refractivity contribution in [3.05, 3.63) is 65.2 Å². The van der Waals surface area contributed by atoms with Crippen LogP contribution in [0.15, 0.2) is 48.5 Å². The molecule has 1 heterocycles. The van der Waals surface area contributed by atoms with Crippen LogP contribution in [0.2, 0.25) is 0 Å². The van der Waals surface area contributed by atoms with Gasteiger partial charge in [-0.3, -0.25) is 9.69 Å². The van der Waals surface area contributed by atoms with Gasteiger partial charge in [0.05, 0.1) is 24.5 Å². The summed E-state index contributed by atoms with van der Waals surface area (Å²) in [6.45, 7) is 3.88. The number of rotatable bonds is 4. The molecule has 2 aromatic carbocycles. The molecule has 2 aromatic rings. The summed E-state index contributed by atoms with van der Waals surface area (Å²) in [5.74, 6) is -0.570. The van der Waals surface area contributed by atoms with Crippen molar-refractivity contribution in [2.24, 2.45) is 0 Å². The van der Waals surface area contributed by atoms with Crippen molar-refractivity contribution in [3.8, 4) is 0 Å². The van der Waals surface area contributed by atoms with Gasteiger partial charge in [-0.15, -0.1) is 0 Å². The summed E-state index contributed by atoms with van der Waals surface area (Å²) in [5.41, 5.74) is 0.242. The van der Waals surface area contributed by atoms with Gasteiger partial charge in [-0.1, -0.05) is 24.3 Å². The predicted molar refractivity (Wildman–Crippen MR) is 91.9 cm³/mol. The Bertz CT molecular complexity index is 754. The molecule has 1 amide bonds. The molecule has 0 spiro atoms. The number of hydrogen-bond donors (Lipinski definition) is 1. The summed E-state index contributed by atoms with van der Waals surface area (Å²) < 4.78 is 44.3. The predicted octanol–water partition coefficient (Wildman–Crippen LogP) is 3.79. The number of amides is 1. The fourth-order valence-electron chi connectivity index (χ4n) is 2.81. The zero-order chi connectivity index (χ0) is 18.6. The van der Waals surface area contributed by atoms with Crippen molar-refractivity contribution >= 4 is 11.6 Å². The number of carbonyl (C=O) groups is 1. The quantitative estimate of drug-likeness (QED) is 0.898. The Morgan fingerprint density at radius 2 is 1.69 bits per heavy atom. The number of morpholine rings is 1. The number of nitrogens with one attached hydrogen (secondary N) is 1. The lowest BCUT2D eigenvalue weighted by molar-refractivity contribution is -0.136. The highest BCUT2D eigenvalue weighted by Gasteiger charge is 2.33. The van der Waals surface area contributed by atoms with Crippen molar-refractivity contribution in [2.45, 2.75) is 12.7 Å². The zero-order valence-corrected chi connectivity index (χ0v) is 14.1. The molecule has 0 bridgehead atoms. The lowest BCUT2D eigenvalue weighted by Crippen LogP contribution is -2.35. The van der Waals surface area contributed by atoms with E-state index < -0.39 is 17.6 Å². The molecule has 0 unspecified atom stereocenters. The monoisotopic (exact) mass is 364 g/mol. The Morgan fingerprint density at radius 1 is 1.04 bits per heavy atom. The number of para-hydroxylation sites is 1. The molecule has 1 aliphatic rings. The third-order valence-corrected chi connectivity index (χ3v) is 4.21. The van der Waals surface area contributed by atoms with Gasteiger partial charge in [-0.25, -0.2) is 0 Å². The van der Waals surface area contributed by atoms with E-state index in [0.717, 1.165) is 31.3 Å². The van der Waals surface area contributed by atoms with Crippen LogP contribution in [-0.4, -0.2) is 37.1 Å². The average Bonchev–Trinajstić information content (AvgIpc) is 2.63. The Balaban J connectivity index is 1.67. The number of carbonyl (C=O) groups excluding carboxylic acids is 1. The van der Waals surface area contributed by atoms with E-state index in [9.17, 15) is 18.0 Å². The molecule has 4 nitrogen and oxygen atoms in total. The second-order valence-electron chi connectivity index (χ2n) is 6.08. The molecular formula is C19H19F3N2O2. The summed E-state index contributed by atoms with van der Waals surface area (Å²) >= 11 is 0. The molecule has 0 aliphatic carbocycles. The Morgan fingerprint density at radius 3 is 2.35 bits per heavy atom. The normalized spacial score (nSPS) is 15.7. The van der Waals surface area contributed by atoms with Gasteiger partial charge in [0.25, 0.3) is 5.91 Å². The first kappa shape index (κ1) is 18.4. The molecule has 0 saturated carbocycles. The number of halogens is 3. The van der Waals surface area contributed by atoms with Crippen LogP contribution < -0.4 is 5.32 Å². The van der Waals surface area contributed by atoms with Crippen LogP contribution >= 0.6 is 0 Å². The van der Waals surface area contributed by atoms with E-state index in [1.807, 2.05) is 12.1 Å². The van der Waals surface area contributed by atoms with E-state index in [0.29, 0.717) is 18.8 Å². The highest BCUT2D eigenvalue weighted by Crippen LogP contribution is 2.34. The second-order valence-corrected chi connectivity index (χ2v) is 6.08. The fraction of sp³-hybridized carbons (Fsp3) is 0.316. The van der Waals surface area contributed by atoms with Gasteiger partial charge in [-0.05, 0) is 29.8 Å². The first-order valence-electron chi connectivity index (χ1n) is 8.30. The number of ether oxygens (including phenoxy) is 1. The van der Waals surface area contributed by atoms with Gasteiger partial charge in [0.2, 0.25) is 0 Å². The smallest absolute Gasteiger partial charge is 0.379 e. The van der Waals surface area contributed by atoms with Crippen molar-refractivity contribution in [2.75, 3.05) is 31.6 Å². The lowest BCUT2D eigenvalue weighted by atomic mass is 10.1. The van der Waals surface area contributed by atoms with Gasteiger partial charge < -0.3 is 10.1 Å². The first-order chi connectivity index (χ1) is 12.4. The van der Waals surface area contributed by atoms with E-state index >= 15 is 0 Å². The van der Waals surface area contributed by atoms with E-state index in [4.69, 9.17) is 4.74 Å². The van der Waals surface area contributed by atoms with Gasteiger partial charge >= 0.3 is 6.18 Å². The molecular weight excluding hydrogens is 345 g/mol. The number of benzene rings is 2. The summed E-state index contributed by atoms with van der Waals surface area (Å²) in [6, 6.07) is 11.8. The molecule has 1 N–H and O–H groups in total. The van der Waals surface area contributed by atoms with Gasteiger partial charge in [-0.2, -0.15) is 13.2 Å². The van der Waals surface area contributed by atoms with Crippen molar-refractivity contribution < 1.29 is 22.7 Å². The number of anilines is 1. The standard InChI is InChI=1S/C19H19F3N2O2/c20-19(21,22)16-3-1-2-4-17(16)23-18(25)15-7-5-14(6-8-15)13-24-9-11-26-12-10-24/h1-8H,9-13H2,(H,23,25). The molecule has 0 aromatic heterocycles. The minimum Gasteiger partial charge on any atom is -0.379 e. The molecule has 1 saturated heterocycles. The van der Waals surface area contributed by atoms with E-state index in [1.54, 1.807) is 12.1 Å². The van der Waals surface area contributed by atoms with E-state index in [2.05, 4.69) is 10.2 Å². The Hall–Kier alpha value is -2.38. The van der Waals surface area contributed by atoms with Crippen LogP contribution in [0.3, 0.4) is 0 Å². The van der Waals surface area contributed by atoms with Crippen LogP contribution in [0.25, 0.3) is 0 Å².